The minimum absolute atomic E-state index is 0.189. The van der Waals surface area contributed by atoms with E-state index in [9.17, 15) is 25.3 Å². The second-order valence-electron chi connectivity index (χ2n) is 12.7. The van der Waals surface area contributed by atoms with Gasteiger partial charge in [0, 0.05) is 0 Å². The molecule has 0 aliphatic heterocycles. The minimum atomic E-state index is -3.69. The minimum Gasteiger partial charge on any atom is -0.457 e. The van der Waals surface area contributed by atoms with Gasteiger partial charge in [0.25, 0.3) is 10.1 Å². The Morgan fingerprint density at radius 1 is 0.439 bits per heavy atom. The molecule has 0 aromatic heterocycles. The molecule has 0 amide bonds. The molecule has 7 aromatic carbocycles. The van der Waals surface area contributed by atoms with Crippen LogP contribution in [-0.4, -0.2) is 36.1 Å². The van der Waals surface area contributed by atoms with Crippen LogP contribution in [0.3, 0.4) is 0 Å². The highest BCUT2D eigenvalue weighted by Crippen LogP contribution is 2.32. The van der Waals surface area contributed by atoms with Crippen LogP contribution >= 0.6 is 0 Å². The molecule has 0 unspecified atom stereocenters. The monoisotopic (exact) mass is 822 g/mol. The molecule has 0 aliphatic carbocycles. The summed E-state index contributed by atoms with van der Waals surface area (Å²) in [4.78, 5) is 0.870. The Morgan fingerprint density at radius 3 is 1.14 bits per heavy atom. The zero-order valence-electron chi connectivity index (χ0n) is 31.7. The van der Waals surface area contributed by atoms with Gasteiger partial charge >= 0.3 is 0 Å². The van der Waals surface area contributed by atoms with Crippen molar-refractivity contribution in [2.45, 2.75) is 46.8 Å². The molecular formula is C45H42O9S3. The van der Waals surface area contributed by atoms with Crippen LogP contribution in [0, 0.1) is 6.92 Å². The van der Waals surface area contributed by atoms with Crippen molar-refractivity contribution in [1.82, 2.24) is 0 Å². The van der Waals surface area contributed by atoms with Gasteiger partial charge in [-0.1, -0.05) is 86.1 Å². The number of aryl methyl sites for hydroxylation is 1. The van der Waals surface area contributed by atoms with E-state index in [1.54, 1.807) is 84.9 Å². The molecular weight excluding hydrogens is 781 g/mol. The van der Waals surface area contributed by atoms with Crippen molar-refractivity contribution in [2.75, 3.05) is 6.26 Å². The molecule has 7 rings (SSSR count). The maximum atomic E-state index is 13.3. The first-order valence-electron chi connectivity index (χ1n) is 17.9. The molecule has 12 heteroatoms. The quantitative estimate of drug-likeness (QED) is 0.133. The van der Waals surface area contributed by atoms with E-state index >= 15 is 0 Å². The van der Waals surface area contributed by atoms with Gasteiger partial charge in [-0.3, -0.25) is 4.55 Å². The predicted molar refractivity (Wildman–Crippen MR) is 224 cm³/mol. The van der Waals surface area contributed by atoms with Gasteiger partial charge in [0.05, 0.1) is 25.8 Å². The average Bonchev–Trinajstić information content (AvgIpc) is 3.19. The van der Waals surface area contributed by atoms with E-state index in [1.165, 1.54) is 0 Å². The zero-order chi connectivity index (χ0) is 41.2. The van der Waals surface area contributed by atoms with Crippen molar-refractivity contribution in [3.8, 4) is 23.0 Å². The van der Waals surface area contributed by atoms with E-state index in [4.69, 9.17) is 14.0 Å². The van der Waals surface area contributed by atoms with E-state index < -0.39 is 29.8 Å². The Kier molecular flexibility index (Phi) is 13.7. The second kappa shape index (κ2) is 18.4. The van der Waals surface area contributed by atoms with Crippen molar-refractivity contribution in [3.63, 3.8) is 0 Å². The van der Waals surface area contributed by atoms with E-state index in [-0.39, 0.29) is 19.6 Å². The highest BCUT2D eigenvalue weighted by molar-refractivity contribution is 7.91. The molecule has 294 valence electrons. The van der Waals surface area contributed by atoms with Crippen molar-refractivity contribution in [3.05, 3.63) is 180 Å². The second-order valence-corrected chi connectivity index (χ2v) is 18.0. The molecule has 0 heterocycles. The van der Waals surface area contributed by atoms with Gasteiger partial charge in [-0.15, -0.1) is 0 Å². The lowest BCUT2D eigenvalue weighted by Crippen LogP contribution is -2.02. The smallest absolute Gasteiger partial charge is 0.261 e. The van der Waals surface area contributed by atoms with Crippen LogP contribution in [0.4, 0.5) is 0 Å². The first-order chi connectivity index (χ1) is 27.1. The highest BCUT2D eigenvalue weighted by Gasteiger charge is 2.19. The molecule has 0 atom stereocenters. The molecule has 1 N–H and O–H groups in total. The maximum Gasteiger partial charge on any atom is 0.261 e. The van der Waals surface area contributed by atoms with Crippen LogP contribution in [-0.2, 0) is 36.2 Å². The average molecular weight is 823 g/mol. The Balaban J connectivity index is 0.000000823. The number of benzene rings is 7. The summed E-state index contributed by atoms with van der Waals surface area (Å²) < 4.78 is 90.5. The Labute approximate surface area is 334 Å². The fourth-order valence-electron chi connectivity index (χ4n) is 5.58. The molecule has 0 aliphatic rings. The molecule has 9 nitrogen and oxygen atoms in total. The summed E-state index contributed by atoms with van der Waals surface area (Å²) in [5, 5.41) is 1.84. The van der Waals surface area contributed by atoms with Crippen LogP contribution in [0.15, 0.2) is 183 Å². The summed E-state index contributed by atoms with van der Waals surface area (Å²) in [6.45, 7) is 5.91. The van der Waals surface area contributed by atoms with Gasteiger partial charge in [0.2, 0.25) is 19.7 Å². The number of rotatable bonds is 10. The zero-order valence-corrected chi connectivity index (χ0v) is 34.2. The largest absolute Gasteiger partial charge is 0.457 e. The van der Waals surface area contributed by atoms with Crippen molar-refractivity contribution in [2.24, 2.45) is 0 Å². The molecule has 7 aromatic rings. The standard InChI is InChI=1S/C42H32O6S2.C2H6.CH4O3S/c1-30-7-19-39(20-8-30)49(43,44)41-23-15-35(16-24-41)47-37-13-11-34-29-38(14-12-33(34)28-37)48-36-17-25-42(26-18-36)50(45,46)40-21-9-32(10-22-40)27-31-5-3-2-4-6-31;1-2;1-5(2,3)4/h2-26,28-29H,27H2,1H3;1-2H3;1H3,(H,2,3,4). The summed E-state index contributed by atoms with van der Waals surface area (Å²) in [5.41, 5.74) is 3.19. The Morgan fingerprint density at radius 2 is 0.754 bits per heavy atom. The lowest BCUT2D eigenvalue weighted by Gasteiger charge is -2.11. The summed E-state index contributed by atoms with van der Waals surface area (Å²) in [6, 6.07) is 47.9. The van der Waals surface area contributed by atoms with E-state index in [2.05, 4.69) is 0 Å². The van der Waals surface area contributed by atoms with Crippen LogP contribution in [0.1, 0.15) is 30.5 Å². The summed E-state index contributed by atoms with van der Waals surface area (Å²) in [7, 11) is -11.0. The van der Waals surface area contributed by atoms with Crippen molar-refractivity contribution in [1.29, 1.82) is 0 Å². The molecule has 0 fully saturated rings. The number of ether oxygens (including phenoxy) is 2. The van der Waals surface area contributed by atoms with Gasteiger partial charge in [0.15, 0.2) is 0 Å². The van der Waals surface area contributed by atoms with E-state index in [1.807, 2.05) is 99.6 Å². The van der Waals surface area contributed by atoms with E-state index in [0.29, 0.717) is 29.3 Å². The van der Waals surface area contributed by atoms with Gasteiger partial charge < -0.3 is 9.47 Å². The number of hydrogen-bond acceptors (Lipinski definition) is 8. The molecule has 0 radical (unpaired) electrons. The molecule has 57 heavy (non-hydrogen) atoms. The Hall–Kier alpha value is -5.79. The van der Waals surface area contributed by atoms with E-state index in [0.717, 1.165) is 33.9 Å². The summed E-state index contributed by atoms with van der Waals surface area (Å²) >= 11 is 0. The third kappa shape index (κ3) is 11.6. The summed E-state index contributed by atoms with van der Waals surface area (Å²) in [5.74, 6) is 2.22. The van der Waals surface area contributed by atoms with Gasteiger partial charge in [0.1, 0.15) is 23.0 Å². The first-order valence-corrected chi connectivity index (χ1v) is 22.7. The third-order valence-electron chi connectivity index (χ3n) is 8.34. The number of sulfone groups is 2. The normalized spacial score (nSPS) is 11.4. The van der Waals surface area contributed by atoms with Gasteiger partial charge in [-0.2, -0.15) is 8.42 Å². The lowest BCUT2D eigenvalue weighted by molar-refractivity contribution is 0.481. The molecule has 0 saturated heterocycles. The Bertz CT molecular complexity index is 2740. The highest BCUT2D eigenvalue weighted by atomic mass is 32.2. The van der Waals surface area contributed by atoms with Crippen molar-refractivity contribution < 1.29 is 39.3 Å². The van der Waals surface area contributed by atoms with Gasteiger partial charge in [-0.25, -0.2) is 16.8 Å². The van der Waals surface area contributed by atoms with Crippen LogP contribution in [0.5, 0.6) is 23.0 Å². The summed E-state index contributed by atoms with van der Waals surface area (Å²) in [6.07, 6.45) is 1.45. The first kappa shape index (κ1) is 42.4. The number of hydrogen-bond donors (Lipinski definition) is 1. The SMILES string of the molecule is CC.CS(=O)(=O)O.Cc1ccc(S(=O)(=O)c2ccc(Oc3ccc4cc(Oc5ccc(S(=O)(=O)c6ccc(Cc7ccccc7)cc6)cc5)ccc4c3)cc2)cc1. The van der Waals surface area contributed by atoms with Gasteiger partial charge in [-0.05, 0) is 132 Å². The van der Waals surface area contributed by atoms with Crippen LogP contribution in [0.25, 0.3) is 10.8 Å². The lowest BCUT2D eigenvalue weighted by atomic mass is 10.1. The molecule has 0 bridgehead atoms. The van der Waals surface area contributed by atoms with Crippen molar-refractivity contribution >= 4 is 40.6 Å². The molecule has 0 saturated carbocycles. The third-order valence-corrected chi connectivity index (χ3v) is 11.9. The predicted octanol–water partition coefficient (Wildman–Crippen LogP) is 10.5. The maximum absolute atomic E-state index is 13.3. The molecule has 0 spiro atoms. The topological polar surface area (TPSA) is 141 Å². The number of fused-ring (bicyclic) bond motifs is 1. The fraction of sp³-hybridized carbons (Fsp3) is 0.111. The van der Waals surface area contributed by atoms with Crippen LogP contribution < -0.4 is 9.47 Å². The van der Waals surface area contributed by atoms with Crippen LogP contribution in [0.2, 0.25) is 0 Å². The fourth-order valence-corrected chi connectivity index (χ4v) is 8.10.